The van der Waals surface area contributed by atoms with E-state index in [-0.39, 0.29) is 0 Å². The summed E-state index contributed by atoms with van der Waals surface area (Å²) in [6, 6.07) is 19.6. The Morgan fingerprint density at radius 1 is 0.759 bits per heavy atom. The van der Waals surface area contributed by atoms with Crippen LogP contribution >= 0.6 is 0 Å². The molecule has 0 radical (unpaired) electrons. The smallest absolute Gasteiger partial charge is 0.322 e. The molecule has 0 aliphatic rings. The molecule has 0 amide bonds. The Labute approximate surface area is 167 Å². The van der Waals surface area contributed by atoms with E-state index in [4.69, 9.17) is 5.73 Å². The van der Waals surface area contributed by atoms with E-state index in [0.717, 1.165) is 18.2 Å². The molecule has 0 bridgehead atoms. The Balaban J connectivity index is 2.05. The lowest BCUT2D eigenvalue weighted by molar-refractivity contribution is -0.139. The zero-order chi connectivity index (χ0) is 21.1. The van der Waals surface area contributed by atoms with E-state index >= 15 is 0 Å². The summed E-state index contributed by atoms with van der Waals surface area (Å²) in [5.41, 5.74) is 6.29. The Bertz CT molecular complexity index is 1060. The zero-order valence-corrected chi connectivity index (χ0v) is 16.0. The van der Waals surface area contributed by atoms with Gasteiger partial charge in [-0.05, 0) is 23.3 Å². The fourth-order valence-electron chi connectivity index (χ4n) is 3.04. The van der Waals surface area contributed by atoms with Crippen LogP contribution in [0, 0.1) is 0 Å². The molecule has 0 spiro atoms. The Kier molecular flexibility index (Phi) is 6.07. The predicted molar refractivity (Wildman–Crippen MR) is 104 cm³/mol. The van der Waals surface area contributed by atoms with Gasteiger partial charge in [0, 0.05) is 0 Å². The summed E-state index contributed by atoms with van der Waals surface area (Å²) < 4.78 is 68.3. The van der Waals surface area contributed by atoms with Gasteiger partial charge in [-0.2, -0.15) is 13.2 Å². The number of alkyl halides is 3. The summed E-state index contributed by atoms with van der Waals surface area (Å²) in [4.78, 5) is -0.839. The standard InChI is InChI=1S/C21H19F3N2O2S/c22-21(23,24)17-13-7-8-14-18(17)29(27,28)26-20(16-11-5-2-6-12-16)19(25)15-9-3-1-4-10-15/h1-14,19-20,26H,25H2/t19-,20?/m1/s1. The minimum atomic E-state index is -4.81. The second-order valence-electron chi connectivity index (χ2n) is 6.44. The van der Waals surface area contributed by atoms with Crippen LogP contribution < -0.4 is 10.5 Å². The molecule has 3 aromatic rings. The number of sulfonamides is 1. The van der Waals surface area contributed by atoms with Crippen molar-refractivity contribution in [3.8, 4) is 0 Å². The predicted octanol–water partition coefficient (Wildman–Crippen LogP) is 4.43. The van der Waals surface area contributed by atoms with E-state index in [1.165, 1.54) is 6.07 Å². The van der Waals surface area contributed by atoms with Crippen LogP contribution in [0.3, 0.4) is 0 Å². The molecule has 29 heavy (non-hydrogen) atoms. The van der Waals surface area contributed by atoms with E-state index in [1.54, 1.807) is 60.7 Å². The van der Waals surface area contributed by atoms with Crippen molar-refractivity contribution in [2.75, 3.05) is 0 Å². The Morgan fingerprint density at radius 3 is 1.79 bits per heavy atom. The monoisotopic (exact) mass is 420 g/mol. The molecule has 0 saturated carbocycles. The molecule has 8 heteroatoms. The lowest BCUT2D eigenvalue weighted by Gasteiger charge is -2.26. The number of benzene rings is 3. The molecule has 0 saturated heterocycles. The number of hydrogen-bond donors (Lipinski definition) is 2. The van der Waals surface area contributed by atoms with Crippen molar-refractivity contribution in [1.82, 2.24) is 4.72 Å². The summed E-state index contributed by atoms with van der Waals surface area (Å²) in [7, 11) is -4.52. The summed E-state index contributed by atoms with van der Waals surface area (Å²) >= 11 is 0. The van der Waals surface area contributed by atoms with Crippen molar-refractivity contribution in [3.63, 3.8) is 0 Å². The maximum Gasteiger partial charge on any atom is 0.417 e. The first-order chi connectivity index (χ1) is 13.7. The number of halogens is 3. The second kappa shape index (κ2) is 8.36. The third-order valence-corrected chi connectivity index (χ3v) is 5.97. The average Bonchev–Trinajstić information content (AvgIpc) is 2.72. The lowest BCUT2D eigenvalue weighted by atomic mass is 9.95. The first kappa shape index (κ1) is 21.0. The lowest BCUT2D eigenvalue weighted by Crippen LogP contribution is -2.36. The highest BCUT2D eigenvalue weighted by molar-refractivity contribution is 7.89. The van der Waals surface area contributed by atoms with Gasteiger partial charge in [0.2, 0.25) is 10.0 Å². The molecule has 2 atom stereocenters. The Morgan fingerprint density at radius 2 is 1.24 bits per heavy atom. The zero-order valence-electron chi connectivity index (χ0n) is 15.2. The molecule has 3 rings (SSSR count). The van der Waals surface area contributed by atoms with Gasteiger partial charge in [-0.25, -0.2) is 13.1 Å². The van der Waals surface area contributed by atoms with E-state index in [2.05, 4.69) is 4.72 Å². The van der Waals surface area contributed by atoms with Gasteiger partial charge < -0.3 is 5.73 Å². The SMILES string of the molecule is N[C@H](c1ccccc1)C(NS(=O)(=O)c1ccccc1C(F)(F)F)c1ccccc1. The van der Waals surface area contributed by atoms with Gasteiger partial charge >= 0.3 is 6.18 Å². The van der Waals surface area contributed by atoms with E-state index in [0.29, 0.717) is 11.1 Å². The minimum absolute atomic E-state index is 0.539. The average molecular weight is 420 g/mol. The van der Waals surface area contributed by atoms with Crippen molar-refractivity contribution in [2.24, 2.45) is 5.73 Å². The highest BCUT2D eigenvalue weighted by Gasteiger charge is 2.38. The summed E-state index contributed by atoms with van der Waals surface area (Å²) in [5, 5.41) is 0. The number of nitrogens with two attached hydrogens (primary N) is 1. The minimum Gasteiger partial charge on any atom is -0.322 e. The highest BCUT2D eigenvalue weighted by atomic mass is 32.2. The summed E-state index contributed by atoms with van der Waals surface area (Å²) in [5.74, 6) is 0. The van der Waals surface area contributed by atoms with E-state index < -0.39 is 38.7 Å². The van der Waals surface area contributed by atoms with Gasteiger partial charge in [-0.1, -0.05) is 72.8 Å². The van der Waals surface area contributed by atoms with Crippen LogP contribution in [0.1, 0.15) is 28.8 Å². The van der Waals surface area contributed by atoms with Gasteiger partial charge in [-0.3, -0.25) is 0 Å². The fraction of sp³-hybridized carbons (Fsp3) is 0.143. The van der Waals surface area contributed by atoms with E-state index in [9.17, 15) is 21.6 Å². The van der Waals surface area contributed by atoms with Gasteiger partial charge in [0.05, 0.1) is 22.5 Å². The molecule has 1 unspecified atom stereocenters. The Hall–Kier alpha value is -2.68. The van der Waals surface area contributed by atoms with E-state index in [1.807, 2.05) is 0 Å². The highest BCUT2D eigenvalue weighted by Crippen LogP contribution is 2.35. The van der Waals surface area contributed by atoms with Gasteiger partial charge in [-0.15, -0.1) is 0 Å². The second-order valence-corrected chi connectivity index (χ2v) is 8.12. The van der Waals surface area contributed by atoms with Gasteiger partial charge in [0.1, 0.15) is 0 Å². The molecule has 0 aliphatic carbocycles. The maximum absolute atomic E-state index is 13.3. The third kappa shape index (κ3) is 4.84. The third-order valence-electron chi connectivity index (χ3n) is 4.47. The van der Waals surface area contributed by atoms with Gasteiger partial charge in [0.15, 0.2) is 0 Å². The molecular weight excluding hydrogens is 401 g/mol. The van der Waals surface area contributed by atoms with Gasteiger partial charge in [0.25, 0.3) is 0 Å². The first-order valence-electron chi connectivity index (χ1n) is 8.74. The van der Waals surface area contributed by atoms with Crippen molar-refractivity contribution in [2.45, 2.75) is 23.2 Å². The molecule has 0 heterocycles. The first-order valence-corrected chi connectivity index (χ1v) is 10.2. The molecule has 4 nitrogen and oxygen atoms in total. The number of rotatable bonds is 6. The van der Waals surface area contributed by atoms with Crippen LogP contribution in [0.5, 0.6) is 0 Å². The van der Waals surface area contributed by atoms with Crippen LogP contribution in [0.15, 0.2) is 89.8 Å². The summed E-state index contributed by atoms with van der Waals surface area (Å²) in [6.07, 6.45) is -4.81. The fourth-order valence-corrected chi connectivity index (χ4v) is 4.52. The number of nitrogens with one attached hydrogen (secondary N) is 1. The van der Waals surface area contributed by atoms with Crippen LogP contribution in [0.4, 0.5) is 13.2 Å². The molecular formula is C21H19F3N2O2S. The van der Waals surface area contributed by atoms with Crippen molar-refractivity contribution < 1.29 is 21.6 Å². The summed E-state index contributed by atoms with van der Waals surface area (Å²) in [6.45, 7) is 0. The van der Waals surface area contributed by atoms with Crippen molar-refractivity contribution in [3.05, 3.63) is 102 Å². The molecule has 0 aromatic heterocycles. The normalized spacial score (nSPS) is 14.3. The van der Waals surface area contributed by atoms with Crippen molar-refractivity contribution >= 4 is 10.0 Å². The topological polar surface area (TPSA) is 72.2 Å². The van der Waals surface area contributed by atoms with Crippen LogP contribution in [0.25, 0.3) is 0 Å². The molecule has 3 N–H and O–H groups in total. The quantitative estimate of drug-likeness (QED) is 0.620. The van der Waals surface area contributed by atoms with Crippen LogP contribution in [-0.4, -0.2) is 8.42 Å². The van der Waals surface area contributed by atoms with Crippen LogP contribution in [0.2, 0.25) is 0 Å². The molecule has 3 aromatic carbocycles. The van der Waals surface area contributed by atoms with Crippen molar-refractivity contribution in [1.29, 1.82) is 0 Å². The number of hydrogen-bond acceptors (Lipinski definition) is 3. The molecule has 152 valence electrons. The molecule has 0 fully saturated rings. The molecule has 0 aliphatic heterocycles. The largest absolute Gasteiger partial charge is 0.417 e. The maximum atomic E-state index is 13.3. The van der Waals surface area contributed by atoms with Crippen LogP contribution in [-0.2, 0) is 16.2 Å².